The third-order valence-electron chi connectivity index (χ3n) is 2.93. The van der Waals surface area contributed by atoms with E-state index in [2.05, 4.69) is 26.3 Å². The summed E-state index contributed by atoms with van der Waals surface area (Å²) in [5, 5.41) is 0.442. The molecule has 0 unspecified atom stereocenters. The standard InChI is InChI=1S/C12H11BrF3N3O/c1-5-9(19-17)8-6(13)3-4-7(20-2)10(8)18-11(5)12(14,15)16/h3-4H,17H2,1-2H3,(H,18,19). The average molecular weight is 350 g/mol. The van der Waals surface area contributed by atoms with Crippen molar-refractivity contribution in [3.63, 3.8) is 0 Å². The van der Waals surface area contributed by atoms with E-state index in [1.54, 1.807) is 6.07 Å². The van der Waals surface area contributed by atoms with Crippen molar-refractivity contribution in [1.29, 1.82) is 0 Å². The van der Waals surface area contributed by atoms with Gasteiger partial charge in [-0.2, -0.15) is 13.2 Å². The number of nitrogens with zero attached hydrogens (tertiary/aromatic N) is 1. The number of anilines is 1. The molecule has 2 aromatic rings. The quantitative estimate of drug-likeness (QED) is 0.642. The van der Waals surface area contributed by atoms with Gasteiger partial charge in [-0.05, 0) is 19.1 Å². The van der Waals surface area contributed by atoms with E-state index in [9.17, 15) is 13.2 Å². The van der Waals surface area contributed by atoms with Gasteiger partial charge in [0.05, 0.1) is 12.8 Å². The van der Waals surface area contributed by atoms with Crippen LogP contribution >= 0.6 is 15.9 Å². The van der Waals surface area contributed by atoms with Crippen LogP contribution in [-0.2, 0) is 6.18 Å². The van der Waals surface area contributed by atoms with E-state index in [1.807, 2.05) is 0 Å². The Bertz CT molecular complexity index is 673. The lowest BCUT2D eigenvalue weighted by Crippen LogP contribution is -2.16. The van der Waals surface area contributed by atoms with Crippen molar-refractivity contribution >= 4 is 32.5 Å². The van der Waals surface area contributed by atoms with E-state index in [4.69, 9.17) is 10.6 Å². The fourth-order valence-corrected chi connectivity index (χ4v) is 2.54. The number of rotatable bonds is 2. The molecule has 108 valence electrons. The Hall–Kier alpha value is -1.54. The van der Waals surface area contributed by atoms with Gasteiger partial charge in [0.1, 0.15) is 17.0 Å². The van der Waals surface area contributed by atoms with Crippen LogP contribution in [0.2, 0.25) is 0 Å². The lowest BCUT2D eigenvalue weighted by molar-refractivity contribution is -0.141. The van der Waals surface area contributed by atoms with Gasteiger partial charge in [-0.25, -0.2) is 4.98 Å². The molecule has 4 nitrogen and oxygen atoms in total. The van der Waals surface area contributed by atoms with Gasteiger partial charge < -0.3 is 10.2 Å². The molecule has 3 N–H and O–H groups in total. The van der Waals surface area contributed by atoms with Crippen LogP contribution in [0.25, 0.3) is 10.9 Å². The van der Waals surface area contributed by atoms with Gasteiger partial charge in [0.25, 0.3) is 0 Å². The highest BCUT2D eigenvalue weighted by atomic mass is 79.9. The summed E-state index contributed by atoms with van der Waals surface area (Å²) in [6.07, 6.45) is -4.57. The molecule has 0 bridgehead atoms. The molecule has 0 saturated carbocycles. The zero-order valence-corrected chi connectivity index (χ0v) is 12.2. The molecule has 20 heavy (non-hydrogen) atoms. The predicted octanol–water partition coefficient (Wildman–Crippen LogP) is 3.62. The number of nitrogens with two attached hydrogens (primary N) is 1. The van der Waals surface area contributed by atoms with Crippen LogP contribution in [0.1, 0.15) is 11.3 Å². The maximum Gasteiger partial charge on any atom is 0.433 e. The fourth-order valence-electron chi connectivity index (χ4n) is 2.02. The number of halogens is 4. The molecule has 0 amide bonds. The molecule has 1 heterocycles. The van der Waals surface area contributed by atoms with Crippen LogP contribution in [0.5, 0.6) is 5.75 Å². The minimum Gasteiger partial charge on any atom is -0.494 e. The first-order chi connectivity index (χ1) is 9.31. The number of hydrogen-bond acceptors (Lipinski definition) is 4. The number of hydrogen-bond donors (Lipinski definition) is 2. The molecule has 0 radical (unpaired) electrons. The smallest absolute Gasteiger partial charge is 0.433 e. The zero-order chi connectivity index (χ0) is 15.1. The molecule has 1 aromatic heterocycles. The highest BCUT2D eigenvalue weighted by Gasteiger charge is 2.36. The number of alkyl halides is 3. The Morgan fingerprint density at radius 2 is 2.00 bits per heavy atom. The lowest BCUT2D eigenvalue weighted by Gasteiger charge is -2.17. The number of methoxy groups -OCH3 is 1. The average Bonchev–Trinajstić information content (AvgIpc) is 2.37. The number of nitrogen functional groups attached to an aromatic ring is 1. The third kappa shape index (κ3) is 2.29. The minimum absolute atomic E-state index is 0.0681. The van der Waals surface area contributed by atoms with Crippen molar-refractivity contribution in [3.05, 3.63) is 27.9 Å². The van der Waals surface area contributed by atoms with Crippen molar-refractivity contribution in [1.82, 2.24) is 4.98 Å². The molecule has 0 aliphatic rings. The number of nitrogens with one attached hydrogen (secondary N) is 1. The fraction of sp³-hybridized carbons (Fsp3) is 0.250. The normalized spacial score (nSPS) is 11.8. The van der Waals surface area contributed by atoms with E-state index >= 15 is 0 Å². The predicted molar refractivity (Wildman–Crippen MR) is 73.5 cm³/mol. The molecule has 0 spiro atoms. The van der Waals surface area contributed by atoms with Gasteiger partial charge in [-0.15, -0.1) is 0 Å². The molecular formula is C12H11BrF3N3O. The lowest BCUT2D eigenvalue weighted by atomic mass is 10.1. The van der Waals surface area contributed by atoms with Gasteiger partial charge >= 0.3 is 6.18 Å². The number of benzene rings is 1. The molecular weight excluding hydrogens is 339 g/mol. The summed E-state index contributed by atoms with van der Waals surface area (Å²) in [6, 6.07) is 3.20. The van der Waals surface area contributed by atoms with E-state index in [1.165, 1.54) is 20.1 Å². The number of aromatic nitrogens is 1. The summed E-state index contributed by atoms with van der Waals surface area (Å²) in [5.74, 6) is 5.62. The highest BCUT2D eigenvalue weighted by molar-refractivity contribution is 9.10. The first-order valence-electron chi connectivity index (χ1n) is 5.51. The molecule has 8 heteroatoms. The van der Waals surface area contributed by atoms with Crippen LogP contribution in [-0.4, -0.2) is 12.1 Å². The van der Waals surface area contributed by atoms with Crippen molar-refractivity contribution in [3.8, 4) is 5.75 Å². The summed E-state index contributed by atoms with van der Waals surface area (Å²) in [7, 11) is 1.37. The molecule has 0 fully saturated rings. The number of hydrazine groups is 1. The highest BCUT2D eigenvalue weighted by Crippen LogP contribution is 2.41. The van der Waals surface area contributed by atoms with Gasteiger partial charge in [0.2, 0.25) is 0 Å². The summed E-state index contributed by atoms with van der Waals surface area (Å²) in [4.78, 5) is 3.71. The monoisotopic (exact) mass is 349 g/mol. The topological polar surface area (TPSA) is 60.2 Å². The van der Waals surface area contributed by atoms with Crippen molar-refractivity contribution in [2.45, 2.75) is 13.1 Å². The van der Waals surface area contributed by atoms with Crippen LogP contribution in [0.3, 0.4) is 0 Å². The molecule has 0 atom stereocenters. The Labute approximate surface area is 121 Å². The van der Waals surface area contributed by atoms with Crippen LogP contribution < -0.4 is 16.0 Å². The van der Waals surface area contributed by atoms with Crippen molar-refractivity contribution in [2.75, 3.05) is 12.5 Å². The molecule has 1 aromatic carbocycles. The van der Waals surface area contributed by atoms with Crippen molar-refractivity contribution in [2.24, 2.45) is 5.84 Å². The zero-order valence-electron chi connectivity index (χ0n) is 10.6. The Morgan fingerprint density at radius 1 is 1.35 bits per heavy atom. The number of ether oxygens (including phenoxy) is 1. The van der Waals surface area contributed by atoms with Gasteiger partial charge in [0, 0.05) is 15.4 Å². The van der Waals surface area contributed by atoms with Crippen LogP contribution in [0.4, 0.5) is 18.9 Å². The second-order valence-electron chi connectivity index (χ2n) is 4.08. The maximum atomic E-state index is 13.0. The summed E-state index contributed by atoms with van der Waals surface area (Å²) in [5.41, 5.74) is 1.51. The second kappa shape index (κ2) is 5.10. The van der Waals surface area contributed by atoms with Crippen LogP contribution in [0.15, 0.2) is 16.6 Å². The van der Waals surface area contributed by atoms with E-state index in [0.29, 0.717) is 9.86 Å². The summed E-state index contributed by atoms with van der Waals surface area (Å²) < 4.78 is 44.8. The Balaban J connectivity index is 2.99. The first kappa shape index (κ1) is 14.9. The van der Waals surface area contributed by atoms with E-state index in [-0.39, 0.29) is 22.5 Å². The minimum atomic E-state index is -4.57. The summed E-state index contributed by atoms with van der Waals surface area (Å²) in [6.45, 7) is 1.32. The van der Waals surface area contributed by atoms with Crippen LogP contribution in [0, 0.1) is 6.92 Å². The SMILES string of the molecule is COc1ccc(Br)c2c(NN)c(C)c(C(F)(F)F)nc12. The molecule has 0 aliphatic heterocycles. The summed E-state index contributed by atoms with van der Waals surface area (Å²) >= 11 is 3.29. The first-order valence-corrected chi connectivity index (χ1v) is 6.31. The Morgan fingerprint density at radius 3 is 2.50 bits per heavy atom. The van der Waals surface area contributed by atoms with Gasteiger partial charge in [-0.3, -0.25) is 5.84 Å². The number of fused-ring (bicyclic) bond motifs is 1. The van der Waals surface area contributed by atoms with Gasteiger partial charge in [0.15, 0.2) is 0 Å². The molecule has 0 saturated heterocycles. The van der Waals surface area contributed by atoms with E-state index in [0.717, 1.165) is 0 Å². The second-order valence-corrected chi connectivity index (χ2v) is 4.93. The molecule has 0 aliphatic carbocycles. The Kier molecular flexibility index (Phi) is 3.79. The third-order valence-corrected chi connectivity index (χ3v) is 3.59. The van der Waals surface area contributed by atoms with E-state index < -0.39 is 11.9 Å². The maximum absolute atomic E-state index is 13.0. The van der Waals surface area contributed by atoms with Gasteiger partial charge in [-0.1, -0.05) is 15.9 Å². The molecule has 2 rings (SSSR count). The van der Waals surface area contributed by atoms with Crippen molar-refractivity contribution < 1.29 is 17.9 Å². The number of pyridine rings is 1. The largest absolute Gasteiger partial charge is 0.494 e.